The minimum Gasteiger partial charge on any atom is -0.497 e. The van der Waals surface area contributed by atoms with E-state index in [0.717, 1.165) is 59.9 Å². The van der Waals surface area contributed by atoms with E-state index in [9.17, 15) is 4.79 Å². The summed E-state index contributed by atoms with van der Waals surface area (Å²) in [6.07, 6.45) is 3.63. The van der Waals surface area contributed by atoms with E-state index in [-0.39, 0.29) is 12.1 Å². The van der Waals surface area contributed by atoms with Crippen LogP contribution in [0, 0.1) is 6.92 Å². The number of nitrogens with zero attached hydrogens (tertiary/aromatic N) is 3. The minimum absolute atomic E-state index is 0.0455. The van der Waals surface area contributed by atoms with Gasteiger partial charge in [0.1, 0.15) is 10.8 Å². The van der Waals surface area contributed by atoms with Gasteiger partial charge in [0.05, 0.1) is 37.8 Å². The molecule has 0 spiro atoms. The van der Waals surface area contributed by atoms with Crippen LogP contribution in [0.3, 0.4) is 0 Å². The number of carbonyl (C=O) groups is 1. The molecule has 34 heavy (non-hydrogen) atoms. The molecule has 1 fully saturated rings. The highest BCUT2D eigenvalue weighted by Crippen LogP contribution is 2.26. The second-order valence-electron chi connectivity index (χ2n) is 8.85. The van der Waals surface area contributed by atoms with Gasteiger partial charge in [-0.15, -0.1) is 22.9 Å². The van der Waals surface area contributed by atoms with Crippen LogP contribution >= 0.6 is 22.9 Å². The molecule has 1 saturated heterocycles. The molecule has 1 aliphatic rings. The van der Waals surface area contributed by atoms with Crippen LogP contribution in [0.25, 0.3) is 0 Å². The van der Waals surface area contributed by atoms with E-state index in [0.29, 0.717) is 18.8 Å². The molecule has 0 radical (unpaired) electrons. The summed E-state index contributed by atoms with van der Waals surface area (Å²) < 4.78 is 5.27. The van der Waals surface area contributed by atoms with E-state index in [1.165, 1.54) is 5.56 Å². The summed E-state index contributed by atoms with van der Waals surface area (Å²) in [6, 6.07) is 16.3. The summed E-state index contributed by atoms with van der Waals surface area (Å²) >= 11 is 7.62. The fourth-order valence-electron chi connectivity index (χ4n) is 4.44. The van der Waals surface area contributed by atoms with Crippen molar-refractivity contribution in [3.63, 3.8) is 0 Å². The average Bonchev–Trinajstić information content (AvgIpc) is 3.32. The highest BCUT2D eigenvalue weighted by atomic mass is 35.5. The molecule has 3 aromatic rings. The molecule has 4 rings (SSSR count). The van der Waals surface area contributed by atoms with Gasteiger partial charge in [-0.2, -0.15) is 0 Å². The van der Waals surface area contributed by atoms with Crippen molar-refractivity contribution >= 4 is 28.8 Å². The lowest BCUT2D eigenvalue weighted by Crippen LogP contribution is -2.52. The van der Waals surface area contributed by atoms with Crippen molar-refractivity contribution in [3.8, 4) is 5.75 Å². The Morgan fingerprint density at radius 2 is 1.88 bits per heavy atom. The van der Waals surface area contributed by atoms with Gasteiger partial charge in [0.25, 0.3) is 0 Å². The molecule has 0 N–H and O–H groups in total. The number of thiazole rings is 1. The Balaban J connectivity index is 1.57. The first kappa shape index (κ1) is 24.7. The number of halogens is 1. The van der Waals surface area contributed by atoms with Crippen molar-refractivity contribution in [1.29, 1.82) is 0 Å². The number of aromatic nitrogens is 1. The number of ether oxygens (including phenoxy) is 1. The number of rotatable bonds is 9. The molecular weight excluding hydrogens is 466 g/mol. The zero-order valence-corrected chi connectivity index (χ0v) is 21.4. The van der Waals surface area contributed by atoms with Crippen molar-refractivity contribution in [2.24, 2.45) is 0 Å². The Labute approximate surface area is 211 Å². The largest absolute Gasteiger partial charge is 0.497 e. The first-order valence-electron chi connectivity index (χ1n) is 11.8. The second-order valence-corrected chi connectivity index (χ2v) is 10.1. The van der Waals surface area contributed by atoms with Gasteiger partial charge in [0.15, 0.2) is 0 Å². The number of methoxy groups -OCH3 is 1. The lowest BCUT2D eigenvalue weighted by Gasteiger charge is -2.42. The fourth-order valence-corrected chi connectivity index (χ4v) is 5.48. The molecule has 0 aliphatic carbocycles. The van der Waals surface area contributed by atoms with Gasteiger partial charge in [-0.3, -0.25) is 9.69 Å². The molecule has 7 heteroatoms. The maximum absolute atomic E-state index is 13.7. The van der Waals surface area contributed by atoms with Gasteiger partial charge in [-0.05, 0) is 49.4 Å². The van der Waals surface area contributed by atoms with Crippen LogP contribution in [0.5, 0.6) is 5.75 Å². The molecule has 1 atom stereocenters. The number of benzene rings is 2. The standard InChI is InChI=1S/C27H32ClN3O2S/c1-20-6-8-22(9-7-20)17-31(27(32)15-21-10-12-24(33-2)13-11-21)26-5-3-4-14-30(26)18-25-29-23(16-28)19-34-25/h6-13,19,26H,3-5,14-18H2,1-2H3. The molecule has 1 aliphatic heterocycles. The Morgan fingerprint density at radius 1 is 1.15 bits per heavy atom. The first-order chi connectivity index (χ1) is 16.6. The van der Waals surface area contributed by atoms with Crippen LogP contribution in [-0.2, 0) is 30.2 Å². The van der Waals surface area contributed by atoms with Crippen LogP contribution in [0.1, 0.15) is 46.7 Å². The number of likely N-dealkylation sites (tertiary alicyclic amines) is 1. The highest BCUT2D eigenvalue weighted by molar-refractivity contribution is 7.09. The number of hydrogen-bond donors (Lipinski definition) is 0. The monoisotopic (exact) mass is 497 g/mol. The normalized spacial score (nSPS) is 16.4. The lowest BCUT2D eigenvalue weighted by atomic mass is 10.0. The van der Waals surface area contributed by atoms with Crippen molar-refractivity contribution in [3.05, 3.63) is 81.3 Å². The SMILES string of the molecule is COc1ccc(CC(=O)N(Cc2ccc(C)cc2)C2CCCCN2Cc2nc(CCl)cs2)cc1. The lowest BCUT2D eigenvalue weighted by molar-refractivity contribution is -0.140. The van der Waals surface area contributed by atoms with Gasteiger partial charge in [0.2, 0.25) is 5.91 Å². The zero-order chi connectivity index (χ0) is 23.9. The maximum atomic E-state index is 13.7. The van der Waals surface area contributed by atoms with E-state index in [1.54, 1.807) is 18.4 Å². The smallest absolute Gasteiger partial charge is 0.228 e. The Bertz CT molecular complexity index is 1070. The predicted molar refractivity (Wildman–Crippen MR) is 138 cm³/mol. The number of amides is 1. The van der Waals surface area contributed by atoms with Crippen molar-refractivity contribution in [1.82, 2.24) is 14.8 Å². The second kappa shape index (κ2) is 11.8. The van der Waals surface area contributed by atoms with Crippen LogP contribution in [0.2, 0.25) is 0 Å². The Kier molecular flexibility index (Phi) is 8.59. The first-order valence-corrected chi connectivity index (χ1v) is 13.2. The van der Waals surface area contributed by atoms with E-state index in [1.807, 2.05) is 29.6 Å². The van der Waals surface area contributed by atoms with Crippen LogP contribution < -0.4 is 4.74 Å². The maximum Gasteiger partial charge on any atom is 0.228 e. The summed E-state index contributed by atoms with van der Waals surface area (Å²) in [5, 5.41) is 3.08. The van der Waals surface area contributed by atoms with Gasteiger partial charge < -0.3 is 9.64 Å². The summed E-state index contributed by atoms with van der Waals surface area (Å²) in [7, 11) is 1.65. The summed E-state index contributed by atoms with van der Waals surface area (Å²) in [6.45, 7) is 4.39. The molecular formula is C27H32ClN3O2S. The number of carbonyl (C=O) groups excluding carboxylic acids is 1. The van der Waals surface area contributed by atoms with Gasteiger partial charge >= 0.3 is 0 Å². The van der Waals surface area contributed by atoms with E-state index >= 15 is 0 Å². The van der Waals surface area contributed by atoms with Crippen LogP contribution in [-0.4, -0.2) is 40.5 Å². The fraction of sp³-hybridized carbons (Fsp3) is 0.407. The summed E-state index contributed by atoms with van der Waals surface area (Å²) in [5.41, 5.74) is 4.28. The van der Waals surface area contributed by atoms with Crippen molar-refractivity contribution in [2.75, 3.05) is 13.7 Å². The predicted octanol–water partition coefficient (Wildman–Crippen LogP) is 5.78. The van der Waals surface area contributed by atoms with E-state index < -0.39 is 0 Å². The summed E-state index contributed by atoms with van der Waals surface area (Å²) in [4.78, 5) is 22.9. The molecule has 1 unspecified atom stereocenters. The Morgan fingerprint density at radius 3 is 2.56 bits per heavy atom. The van der Waals surface area contributed by atoms with Gasteiger partial charge in [0, 0.05) is 18.5 Å². The molecule has 180 valence electrons. The Hall–Kier alpha value is -2.41. The van der Waals surface area contributed by atoms with Crippen molar-refractivity contribution in [2.45, 2.75) is 57.7 Å². The third-order valence-corrected chi connectivity index (χ3v) is 7.48. The molecule has 1 aromatic heterocycles. The van der Waals surface area contributed by atoms with Gasteiger partial charge in [-0.25, -0.2) is 4.98 Å². The van der Waals surface area contributed by atoms with Crippen LogP contribution in [0.15, 0.2) is 53.9 Å². The van der Waals surface area contributed by atoms with Crippen molar-refractivity contribution < 1.29 is 9.53 Å². The highest BCUT2D eigenvalue weighted by Gasteiger charge is 2.31. The zero-order valence-electron chi connectivity index (χ0n) is 19.9. The van der Waals surface area contributed by atoms with Gasteiger partial charge in [-0.1, -0.05) is 42.0 Å². The molecule has 0 bridgehead atoms. The summed E-state index contributed by atoms with van der Waals surface area (Å²) in [5.74, 6) is 1.37. The molecule has 2 heterocycles. The number of aryl methyl sites for hydroxylation is 1. The third-order valence-electron chi connectivity index (χ3n) is 6.32. The molecule has 1 amide bonds. The average molecular weight is 498 g/mol. The molecule has 2 aromatic carbocycles. The number of alkyl halides is 1. The quantitative estimate of drug-likeness (QED) is 0.351. The molecule has 5 nitrogen and oxygen atoms in total. The minimum atomic E-state index is 0.0455. The third kappa shape index (κ3) is 6.38. The molecule has 0 saturated carbocycles. The number of hydrogen-bond acceptors (Lipinski definition) is 5. The van der Waals surface area contributed by atoms with Crippen LogP contribution in [0.4, 0.5) is 0 Å². The number of piperidine rings is 1. The van der Waals surface area contributed by atoms with E-state index in [2.05, 4.69) is 46.0 Å². The topological polar surface area (TPSA) is 45.7 Å². The van der Waals surface area contributed by atoms with E-state index in [4.69, 9.17) is 16.3 Å².